The number of rotatable bonds is 5. The molecule has 1 amide bonds. The fourth-order valence-electron chi connectivity index (χ4n) is 2.48. The number of esters is 1. The molecule has 4 nitrogen and oxygen atoms in total. The third-order valence-corrected chi connectivity index (χ3v) is 4.00. The number of carbonyl (C=O) groups is 2. The minimum absolute atomic E-state index is 0.0289. The van der Waals surface area contributed by atoms with Crippen LogP contribution in [0, 0.1) is 17.0 Å². The standard InChI is InChI=1S/C21H23F2NO3/c1-21(2,3)20(26)24(4)15-7-9-16(10-8-15)27-19(25)12-6-14-5-11-17(22)18(23)13-14/h5,7-11,13H,6,12H2,1-4H3. The normalized spacial score (nSPS) is 11.2. The molecule has 0 aliphatic heterocycles. The summed E-state index contributed by atoms with van der Waals surface area (Å²) in [6, 6.07) is 10.1. The van der Waals surface area contributed by atoms with Crippen molar-refractivity contribution in [2.45, 2.75) is 33.6 Å². The second kappa shape index (κ2) is 8.29. The first-order valence-corrected chi connectivity index (χ1v) is 8.61. The molecule has 0 saturated heterocycles. The molecule has 6 heteroatoms. The lowest BCUT2D eigenvalue weighted by Gasteiger charge is -2.26. The Hall–Kier alpha value is -2.76. The molecule has 144 valence electrons. The van der Waals surface area contributed by atoms with Crippen LogP contribution in [0.4, 0.5) is 14.5 Å². The zero-order chi connectivity index (χ0) is 20.2. The zero-order valence-corrected chi connectivity index (χ0v) is 15.9. The molecule has 0 radical (unpaired) electrons. The molecule has 0 spiro atoms. The highest BCUT2D eigenvalue weighted by Gasteiger charge is 2.25. The van der Waals surface area contributed by atoms with Crippen LogP contribution in [0.3, 0.4) is 0 Å². The molecule has 0 saturated carbocycles. The van der Waals surface area contributed by atoms with Gasteiger partial charge in [-0.15, -0.1) is 0 Å². The van der Waals surface area contributed by atoms with Crippen LogP contribution in [0.2, 0.25) is 0 Å². The van der Waals surface area contributed by atoms with Crippen LogP contribution < -0.4 is 9.64 Å². The highest BCUT2D eigenvalue weighted by Crippen LogP contribution is 2.24. The monoisotopic (exact) mass is 375 g/mol. The zero-order valence-electron chi connectivity index (χ0n) is 15.9. The van der Waals surface area contributed by atoms with Crippen molar-refractivity contribution in [1.29, 1.82) is 0 Å². The molecule has 0 fully saturated rings. The maximum atomic E-state index is 13.2. The third-order valence-electron chi connectivity index (χ3n) is 4.00. The quantitative estimate of drug-likeness (QED) is 0.571. The van der Waals surface area contributed by atoms with E-state index < -0.39 is 23.0 Å². The predicted molar refractivity (Wildman–Crippen MR) is 99.6 cm³/mol. The molecular formula is C21H23F2NO3. The summed E-state index contributed by atoms with van der Waals surface area (Å²) in [5.41, 5.74) is 0.708. The van der Waals surface area contributed by atoms with E-state index in [2.05, 4.69) is 0 Å². The van der Waals surface area contributed by atoms with E-state index in [4.69, 9.17) is 4.74 Å². The number of halogens is 2. The summed E-state index contributed by atoms with van der Waals surface area (Å²) in [5.74, 6) is -2.02. The third kappa shape index (κ3) is 5.61. The number of ether oxygens (including phenoxy) is 1. The molecule has 27 heavy (non-hydrogen) atoms. The van der Waals surface area contributed by atoms with E-state index in [0.29, 0.717) is 17.0 Å². The Morgan fingerprint density at radius 3 is 2.19 bits per heavy atom. The van der Waals surface area contributed by atoms with Crippen molar-refractivity contribution in [3.8, 4) is 5.75 Å². The molecule has 2 rings (SSSR count). The van der Waals surface area contributed by atoms with Crippen LogP contribution in [0.5, 0.6) is 5.75 Å². The summed E-state index contributed by atoms with van der Waals surface area (Å²) < 4.78 is 31.3. The minimum Gasteiger partial charge on any atom is -0.427 e. The average molecular weight is 375 g/mol. The second-order valence-corrected chi connectivity index (χ2v) is 7.33. The molecule has 0 aliphatic carbocycles. The van der Waals surface area contributed by atoms with Crippen molar-refractivity contribution in [2.75, 3.05) is 11.9 Å². The van der Waals surface area contributed by atoms with E-state index in [1.807, 2.05) is 20.8 Å². The van der Waals surface area contributed by atoms with Gasteiger partial charge in [0.05, 0.1) is 0 Å². The molecule has 2 aromatic carbocycles. The number of benzene rings is 2. The van der Waals surface area contributed by atoms with Gasteiger partial charge in [-0.05, 0) is 48.4 Å². The van der Waals surface area contributed by atoms with Gasteiger partial charge in [-0.1, -0.05) is 26.8 Å². The molecule has 2 aromatic rings. The fraction of sp³-hybridized carbons (Fsp3) is 0.333. The topological polar surface area (TPSA) is 46.6 Å². The first kappa shape index (κ1) is 20.6. The average Bonchev–Trinajstić information content (AvgIpc) is 2.61. The highest BCUT2D eigenvalue weighted by molar-refractivity contribution is 5.96. The lowest BCUT2D eigenvalue weighted by atomic mass is 9.95. The number of nitrogens with zero attached hydrogens (tertiary/aromatic N) is 1. The lowest BCUT2D eigenvalue weighted by molar-refractivity contribution is -0.134. The second-order valence-electron chi connectivity index (χ2n) is 7.33. The van der Waals surface area contributed by atoms with Gasteiger partial charge in [-0.2, -0.15) is 0 Å². The number of amides is 1. The van der Waals surface area contributed by atoms with Gasteiger partial charge in [0.2, 0.25) is 5.91 Å². The van der Waals surface area contributed by atoms with Crippen molar-refractivity contribution in [3.05, 3.63) is 59.7 Å². The van der Waals surface area contributed by atoms with Gasteiger partial charge in [-0.3, -0.25) is 9.59 Å². The highest BCUT2D eigenvalue weighted by atomic mass is 19.2. The van der Waals surface area contributed by atoms with Crippen LogP contribution in [0.25, 0.3) is 0 Å². The maximum Gasteiger partial charge on any atom is 0.311 e. The van der Waals surface area contributed by atoms with Gasteiger partial charge < -0.3 is 9.64 Å². The maximum absolute atomic E-state index is 13.2. The molecule has 0 unspecified atom stereocenters. The molecule has 0 aromatic heterocycles. The molecule has 0 N–H and O–H groups in total. The summed E-state index contributed by atoms with van der Waals surface area (Å²) in [6.45, 7) is 5.53. The molecule has 0 bridgehead atoms. The summed E-state index contributed by atoms with van der Waals surface area (Å²) in [6.07, 6.45) is 0.284. The van der Waals surface area contributed by atoms with Gasteiger partial charge in [0, 0.05) is 24.6 Å². The van der Waals surface area contributed by atoms with Gasteiger partial charge in [0.1, 0.15) is 5.75 Å². The summed E-state index contributed by atoms with van der Waals surface area (Å²) in [5, 5.41) is 0. The first-order valence-electron chi connectivity index (χ1n) is 8.61. The number of aryl methyl sites for hydroxylation is 1. The van der Waals surface area contributed by atoms with Crippen molar-refractivity contribution in [2.24, 2.45) is 5.41 Å². The van der Waals surface area contributed by atoms with Crippen molar-refractivity contribution in [3.63, 3.8) is 0 Å². The van der Waals surface area contributed by atoms with E-state index in [1.54, 1.807) is 36.2 Å². The minimum atomic E-state index is -0.939. The van der Waals surface area contributed by atoms with Crippen LogP contribution >= 0.6 is 0 Å². The van der Waals surface area contributed by atoms with E-state index in [0.717, 1.165) is 12.1 Å². The molecular weight excluding hydrogens is 352 g/mol. The Morgan fingerprint density at radius 2 is 1.63 bits per heavy atom. The first-order chi connectivity index (χ1) is 12.6. The number of carbonyl (C=O) groups excluding carboxylic acids is 2. The SMILES string of the molecule is CN(C(=O)C(C)(C)C)c1ccc(OC(=O)CCc2ccc(F)c(F)c2)cc1. The van der Waals surface area contributed by atoms with Crippen LogP contribution in [0.15, 0.2) is 42.5 Å². The largest absolute Gasteiger partial charge is 0.427 e. The Labute approximate surface area is 157 Å². The Kier molecular flexibility index (Phi) is 6.31. The van der Waals surface area contributed by atoms with E-state index in [-0.39, 0.29) is 18.7 Å². The Balaban J connectivity index is 1.92. The summed E-state index contributed by atoms with van der Waals surface area (Å²) >= 11 is 0. The van der Waals surface area contributed by atoms with Gasteiger partial charge in [0.25, 0.3) is 0 Å². The van der Waals surface area contributed by atoms with E-state index in [1.165, 1.54) is 6.07 Å². The molecule has 0 atom stereocenters. The Morgan fingerprint density at radius 1 is 1.00 bits per heavy atom. The summed E-state index contributed by atoms with van der Waals surface area (Å²) in [4.78, 5) is 25.8. The Bertz CT molecular complexity index is 826. The number of hydrogen-bond donors (Lipinski definition) is 0. The van der Waals surface area contributed by atoms with Crippen molar-refractivity contribution < 1.29 is 23.1 Å². The molecule has 0 aliphatic rings. The van der Waals surface area contributed by atoms with Gasteiger partial charge >= 0.3 is 5.97 Å². The number of anilines is 1. The van der Waals surface area contributed by atoms with Crippen LogP contribution in [-0.2, 0) is 16.0 Å². The lowest BCUT2D eigenvalue weighted by Crippen LogP contribution is -2.36. The smallest absolute Gasteiger partial charge is 0.311 e. The fourth-order valence-corrected chi connectivity index (χ4v) is 2.48. The van der Waals surface area contributed by atoms with Crippen LogP contribution in [0.1, 0.15) is 32.8 Å². The van der Waals surface area contributed by atoms with Gasteiger partial charge in [0.15, 0.2) is 11.6 Å². The number of hydrogen-bond acceptors (Lipinski definition) is 3. The van der Waals surface area contributed by atoms with E-state index in [9.17, 15) is 18.4 Å². The van der Waals surface area contributed by atoms with E-state index >= 15 is 0 Å². The molecule has 0 heterocycles. The van der Waals surface area contributed by atoms with Gasteiger partial charge in [-0.25, -0.2) is 8.78 Å². The summed E-state index contributed by atoms with van der Waals surface area (Å²) in [7, 11) is 1.69. The van der Waals surface area contributed by atoms with Crippen molar-refractivity contribution >= 4 is 17.6 Å². The van der Waals surface area contributed by atoms with Crippen LogP contribution in [-0.4, -0.2) is 18.9 Å². The van der Waals surface area contributed by atoms with Crippen molar-refractivity contribution in [1.82, 2.24) is 0 Å². The predicted octanol–water partition coefficient (Wildman–Crippen LogP) is 4.51.